The summed E-state index contributed by atoms with van der Waals surface area (Å²) in [6, 6.07) is 13.5. The summed E-state index contributed by atoms with van der Waals surface area (Å²) in [5.41, 5.74) is 1.32. The third-order valence-corrected chi connectivity index (χ3v) is 2.55. The maximum atomic E-state index is 9.15. The Balaban J connectivity index is 2.24. The van der Waals surface area contributed by atoms with Crippen LogP contribution >= 0.6 is 0 Å². The molecule has 1 N–H and O–H groups in total. The van der Waals surface area contributed by atoms with Crippen LogP contribution in [0.25, 0.3) is 4.98 Å². The first-order valence-electron chi connectivity index (χ1n) is 5.53. The molecule has 0 spiro atoms. The molecule has 0 aromatic heterocycles. The van der Waals surface area contributed by atoms with Crippen molar-refractivity contribution in [3.05, 3.63) is 58.6 Å². The number of rotatable bonds is 3. The second-order valence-electron chi connectivity index (χ2n) is 3.79. The molecular weight excluding hydrogens is 242 g/mol. The summed E-state index contributed by atoms with van der Waals surface area (Å²) in [7, 11) is 0. The number of hydrogen-bond donors (Lipinski definition) is 1. The fourth-order valence-electron chi connectivity index (χ4n) is 1.58. The zero-order chi connectivity index (χ0) is 13.7. The molecule has 0 fully saturated rings. The number of aliphatic hydroxyl groups is 1. The lowest BCUT2D eigenvalue weighted by Crippen LogP contribution is -1.88. The average Bonchev–Trinajstić information content (AvgIpc) is 2.48. The van der Waals surface area contributed by atoms with E-state index in [4.69, 9.17) is 20.5 Å². The van der Waals surface area contributed by atoms with Crippen molar-refractivity contribution >= 4 is 5.69 Å². The number of hydrogen-bond acceptors (Lipinski definition) is 4. The van der Waals surface area contributed by atoms with E-state index in [0.29, 0.717) is 28.3 Å². The van der Waals surface area contributed by atoms with Gasteiger partial charge < -0.3 is 9.84 Å². The fraction of sp³-hybridized carbons (Fsp3) is 0.0714. The van der Waals surface area contributed by atoms with Crippen LogP contribution in [0.3, 0.4) is 0 Å². The second-order valence-corrected chi connectivity index (χ2v) is 3.79. The van der Waals surface area contributed by atoms with Crippen molar-refractivity contribution in [3.8, 4) is 17.6 Å². The van der Waals surface area contributed by atoms with Crippen LogP contribution in [0.2, 0.25) is 0 Å². The van der Waals surface area contributed by atoms with Crippen LogP contribution in [0.4, 0.5) is 5.69 Å². The molecule has 2 aromatic carbocycles. The maximum absolute atomic E-state index is 9.15. The summed E-state index contributed by atoms with van der Waals surface area (Å²) < 4.78 is 5.58. The van der Waals surface area contributed by atoms with Gasteiger partial charge in [-0.2, -0.15) is 5.26 Å². The van der Waals surface area contributed by atoms with E-state index >= 15 is 0 Å². The molecule has 5 heteroatoms. The van der Waals surface area contributed by atoms with E-state index in [9.17, 15) is 0 Å². The van der Waals surface area contributed by atoms with Gasteiger partial charge in [0.1, 0.15) is 11.5 Å². The number of aliphatic hydroxyl groups excluding tert-OH is 1. The van der Waals surface area contributed by atoms with Gasteiger partial charge in [-0.1, -0.05) is 0 Å². The molecule has 92 valence electrons. The van der Waals surface area contributed by atoms with Crippen LogP contribution in [0.15, 0.2) is 42.5 Å². The van der Waals surface area contributed by atoms with Crippen molar-refractivity contribution in [2.24, 2.45) is 0 Å². The molecule has 0 aliphatic heterocycles. The molecule has 0 aliphatic carbocycles. The van der Waals surface area contributed by atoms with E-state index < -0.39 is 0 Å². The minimum absolute atomic E-state index is 0.246. The SMILES string of the molecule is N#Cc1ccc(Oc2ccc([N+]#N)c(CO)c2)cc1. The Morgan fingerprint density at radius 3 is 2.37 bits per heavy atom. The minimum Gasteiger partial charge on any atom is -0.457 e. The Labute approximate surface area is 109 Å². The van der Waals surface area contributed by atoms with Crippen LogP contribution in [0.5, 0.6) is 11.5 Å². The Morgan fingerprint density at radius 2 is 1.79 bits per heavy atom. The van der Waals surface area contributed by atoms with E-state index in [1.165, 1.54) is 0 Å². The first kappa shape index (κ1) is 12.6. The van der Waals surface area contributed by atoms with E-state index in [1.54, 1.807) is 42.5 Å². The first-order chi connectivity index (χ1) is 9.26. The van der Waals surface area contributed by atoms with Gasteiger partial charge in [-0.25, -0.2) is 0 Å². The molecule has 0 heterocycles. The third kappa shape index (κ3) is 2.86. The van der Waals surface area contributed by atoms with E-state index in [-0.39, 0.29) is 6.61 Å². The average molecular weight is 252 g/mol. The molecular formula is C14H10N3O2+. The molecule has 2 aromatic rings. The first-order valence-corrected chi connectivity index (χ1v) is 5.53. The Hall–Kier alpha value is -2.89. The number of diazo groups is 1. The van der Waals surface area contributed by atoms with E-state index in [0.717, 1.165) is 0 Å². The minimum atomic E-state index is -0.246. The van der Waals surface area contributed by atoms with Gasteiger partial charge in [0, 0.05) is 6.07 Å². The highest BCUT2D eigenvalue weighted by molar-refractivity contribution is 5.54. The molecule has 5 nitrogen and oxygen atoms in total. The normalized spacial score (nSPS) is 9.42. The maximum Gasteiger partial charge on any atom is 0.390 e. The van der Waals surface area contributed by atoms with Crippen LogP contribution in [0.1, 0.15) is 11.1 Å². The molecule has 0 atom stereocenters. The highest BCUT2D eigenvalue weighted by Gasteiger charge is 2.13. The van der Waals surface area contributed by atoms with Gasteiger partial charge in [0.15, 0.2) is 4.98 Å². The zero-order valence-corrected chi connectivity index (χ0v) is 9.95. The molecule has 0 saturated carbocycles. The highest BCUT2D eigenvalue weighted by atomic mass is 16.5. The monoisotopic (exact) mass is 252 g/mol. The van der Waals surface area contributed by atoms with Gasteiger partial charge in [0.25, 0.3) is 0 Å². The quantitative estimate of drug-likeness (QED) is 0.849. The van der Waals surface area contributed by atoms with Crippen molar-refractivity contribution in [1.82, 2.24) is 0 Å². The third-order valence-electron chi connectivity index (χ3n) is 2.55. The number of nitrogens with zero attached hydrogens (tertiary/aromatic N) is 3. The van der Waals surface area contributed by atoms with Gasteiger partial charge >= 0.3 is 5.69 Å². The molecule has 19 heavy (non-hydrogen) atoms. The lowest BCUT2D eigenvalue weighted by molar-refractivity contribution is 0.282. The van der Waals surface area contributed by atoms with Gasteiger partial charge in [-0.3, -0.25) is 0 Å². The predicted molar refractivity (Wildman–Crippen MR) is 68.3 cm³/mol. The fourth-order valence-corrected chi connectivity index (χ4v) is 1.58. The number of ether oxygens (including phenoxy) is 1. The van der Waals surface area contributed by atoms with Crippen LogP contribution in [-0.4, -0.2) is 5.11 Å². The Kier molecular flexibility index (Phi) is 3.72. The van der Waals surface area contributed by atoms with Crippen molar-refractivity contribution in [3.63, 3.8) is 0 Å². The molecule has 0 unspecified atom stereocenters. The molecule has 0 amide bonds. The Morgan fingerprint density at radius 1 is 1.11 bits per heavy atom. The van der Waals surface area contributed by atoms with Crippen molar-refractivity contribution < 1.29 is 9.84 Å². The van der Waals surface area contributed by atoms with Crippen LogP contribution in [-0.2, 0) is 6.61 Å². The molecule has 0 aliphatic rings. The predicted octanol–water partition coefficient (Wildman–Crippen LogP) is 3.33. The molecule has 0 radical (unpaired) electrons. The summed E-state index contributed by atoms with van der Waals surface area (Å²) in [5.74, 6) is 1.10. The van der Waals surface area contributed by atoms with Crippen molar-refractivity contribution in [2.75, 3.05) is 0 Å². The summed E-state index contributed by atoms with van der Waals surface area (Å²) in [4.78, 5) is 3.06. The number of benzene rings is 2. The smallest absolute Gasteiger partial charge is 0.390 e. The van der Waals surface area contributed by atoms with E-state index in [1.807, 2.05) is 6.07 Å². The van der Waals surface area contributed by atoms with Gasteiger partial charge in [-0.05, 0) is 36.4 Å². The highest BCUT2D eigenvalue weighted by Crippen LogP contribution is 2.28. The molecule has 2 rings (SSSR count). The lowest BCUT2D eigenvalue weighted by atomic mass is 10.2. The van der Waals surface area contributed by atoms with Crippen LogP contribution < -0.4 is 4.74 Å². The Bertz CT molecular complexity index is 667. The van der Waals surface area contributed by atoms with Gasteiger partial charge in [-0.15, -0.1) is 0 Å². The van der Waals surface area contributed by atoms with E-state index in [2.05, 4.69) is 4.98 Å². The molecule has 0 saturated heterocycles. The topological polar surface area (TPSA) is 81.4 Å². The van der Waals surface area contributed by atoms with Crippen molar-refractivity contribution in [2.45, 2.75) is 6.61 Å². The van der Waals surface area contributed by atoms with Gasteiger partial charge in [0.2, 0.25) is 5.39 Å². The molecule has 0 bridgehead atoms. The van der Waals surface area contributed by atoms with Crippen molar-refractivity contribution in [1.29, 1.82) is 10.7 Å². The van der Waals surface area contributed by atoms with Crippen LogP contribution in [0, 0.1) is 16.7 Å². The second kappa shape index (κ2) is 5.63. The zero-order valence-electron chi connectivity index (χ0n) is 9.95. The largest absolute Gasteiger partial charge is 0.457 e. The summed E-state index contributed by atoms with van der Waals surface area (Å²) in [6.45, 7) is -0.246. The number of nitriles is 1. The summed E-state index contributed by atoms with van der Waals surface area (Å²) >= 11 is 0. The summed E-state index contributed by atoms with van der Waals surface area (Å²) in [6.07, 6.45) is 0. The lowest BCUT2D eigenvalue weighted by Gasteiger charge is -2.05. The summed E-state index contributed by atoms with van der Waals surface area (Å²) in [5, 5.41) is 26.6. The standard InChI is InChI=1S/C14H10N3O2/c15-8-10-1-3-12(4-2-10)19-13-5-6-14(17-16)11(7-13)9-18/h1-7,18H,9H2/q+1. The van der Waals surface area contributed by atoms with Gasteiger partial charge in [0.05, 0.1) is 23.8 Å².